The van der Waals surface area contributed by atoms with E-state index in [2.05, 4.69) is 26.3 Å². The normalized spacial score (nSPS) is 10.8. The lowest BCUT2D eigenvalue weighted by atomic mass is 10.2. The van der Waals surface area contributed by atoms with Crippen LogP contribution in [0.1, 0.15) is 11.1 Å². The van der Waals surface area contributed by atoms with Gasteiger partial charge in [0.1, 0.15) is 5.82 Å². The van der Waals surface area contributed by atoms with Crippen molar-refractivity contribution in [1.82, 2.24) is 15.1 Å². The smallest absolute Gasteiger partial charge is 0.128 e. The van der Waals surface area contributed by atoms with Crippen LogP contribution in [0, 0.1) is 5.82 Å². The molecule has 3 nitrogen and oxygen atoms in total. The first-order chi connectivity index (χ1) is 8.65. The fraction of sp³-hybridized carbons (Fsp3) is 0.308. The Balaban J connectivity index is 1.78. The van der Waals surface area contributed by atoms with E-state index in [1.807, 2.05) is 25.5 Å². The quantitative estimate of drug-likeness (QED) is 0.860. The fourth-order valence-electron chi connectivity index (χ4n) is 1.72. The van der Waals surface area contributed by atoms with Crippen LogP contribution in [-0.2, 0) is 20.0 Å². The van der Waals surface area contributed by atoms with Crippen molar-refractivity contribution < 1.29 is 4.39 Å². The Morgan fingerprint density at radius 2 is 2.28 bits per heavy atom. The number of hydrogen-bond donors (Lipinski definition) is 1. The highest BCUT2D eigenvalue weighted by atomic mass is 79.9. The van der Waals surface area contributed by atoms with Crippen LogP contribution in [0.2, 0.25) is 0 Å². The summed E-state index contributed by atoms with van der Waals surface area (Å²) in [5.74, 6) is -0.182. The summed E-state index contributed by atoms with van der Waals surface area (Å²) < 4.78 is 16.1. The largest absolute Gasteiger partial charge is 0.312 e. The van der Waals surface area contributed by atoms with Gasteiger partial charge in [0.25, 0.3) is 0 Å². The molecule has 18 heavy (non-hydrogen) atoms. The lowest BCUT2D eigenvalue weighted by Gasteiger charge is -2.05. The molecule has 2 aromatic rings. The number of aromatic nitrogens is 2. The topological polar surface area (TPSA) is 29.9 Å². The van der Waals surface area contributed by atoms with E-state index in [1.54, 1.807) is 10.7 Å². The molecule has 96 valence electrons. The van der Waals surface area contributed by atoms with Gasteiger partial charge in [-0.1, -0.05) is 22.0 Å². The Labute approximate surface area is 114 Å². The molecule has 2 rings (SSSR count). The molecule has 0 fully saturated rings. The van der Waals surface area contributed by atoms with E-state index in [1.165, 1.54) is 11.6 Å². The van der Waals surface area contributed by atoms with Crippen molar-refractivity contribution in [3.8, 4) is 0 Å². The first-order valence-corrected chi connectivity index (χ1v) is 6.56. The number of halogens is 2. The van der Waals surface area contributed by atoms with E-state index in [9.17, 15) is 4.39 Å². The molecule has 0 unspecified atom stereocenters. The molecule has 0 spiro atoms. The van der Waals surface area contributed by atoms with E-state index in [4.69, 9.17) is 0 Å². The van der Waals surface area contributed by atoms with Crippen LogP contribution in [0.3, 0.4) is 0 Å². The van der Waals surface area contributed by atoms with Crippen molar-refractivity contribution in [1.29, 1.82) is 0 Å². The van der Waals surface area contributed by atoms with Gasteiger partial charge in [0, 0.05) is 29.8 Å². The van der Waals surface area contributed by atoms with Gasteiger partial charge in [0.2, 0.25) is 0 Å². The van der Waals surface area contributed by atoms with Crippen molar-refractivity contribution in [2.75, 3.05) is 6.54 Å². The molecule has 0 aliphatic heterocycles. The highest BCUT2D eigenvalue weighted by Gasteiger charge is 2.02. The Morgan fingerprint density at radius 3 is 2.94 bits per heavy atom. The van der Waals surface area contributed by atoms with Crippen molar-refractivity contribution in [3.63, 3.8) is 0 Å². The third-order valence-electron chi connectivity index (χ3n) is 2.68. The summed E-state index contributed by atoms with van der Waals surface area (Å²) in [4.78, 5) is 0. The molecule has 0 amide bonds. The van der Waals surface area contributed by atoms with Crippen molar-refractivity contribution in [2.45, 2.75) is 13.0 Å². The number of hydrogen-bond acceptors (Lipinski definition) is 2. The van der Waals surface area contributed by atoms with Crippen LogP contribution in [-0.4, -0.2) is 16.3 Å². The third kappa shape index (κ3) is 3.65. The van der Waals surface area contributed by atoms with E-state index >= 15 is 0 Å². The van der Waals surface area contributed by atoms with Gasteiger partial charge in [0.05, 0.1) is 6.20 Å². The fourth-order valence-corrected chi connectivity index (χ4v) is 2.05. The monoisotopic (exact) mass is 311 g/mol. The zero-order chi connectivity index (χ0) is 13.0. The summed E-state index contributed by atoms with van der Waals surface area (Å²) in [6, 6.07) is 5.12. The zero-order valence-electron chi connectivity index (χ0n) is 10.2. The van der Waals surface area contributed by atoms with Gasteiger partial charge in [-0.05, 0) is 30.7 Å². The molecule has 5 heteroatoms. The lowest BCUT2D eigenvalue weighted by Crippen LogP contribution is -2.17. The van der Waals surface area contributed by atoms with E-state index in [-0.39, 0.29) is 5.82 Å². The molecule has 1 aromatic heterocycles. The lowest BCUT2D eigenvalue weighted by molar-refractivity contribution is 0.587. The number of nitrogens with one attached hydrogen (secondary N) is 1. The van der Waals surface area contributed by atoms with Crippen LogP contribution in [0.25, 0.3) is 0 Å². The van der Waals surface area contributed by atoms with Gasteiger partial charge in [-0.2, -0.15) is 5.10 Å². The molecular formula is C13H15BrFN3. The maximum atomic E-state index is 13.5. The average molecular weight is 312 g/mol. The van der Waals surface area contributed by atoms with E-state index in [0.29, 0.717) is 12.1 Å². The Kier molecular flexibility index (Phi) is 4.49. The zero-order valence-corrected chi connectivity index (χ0v) is 11.7. The van der Waals surface area contributed by atoms with Crippen molar-refractivity contribution >= 4 is 15.9 Å². The molecule has 0 radical (unpaired) electrons. The highest BCUT2D eigenvalue weighted by molar-refractivity contribution is 9.10. The van der Waals surface area contributed by atoms with Gasteiger partial charge in [-0.15, -0.1) is 0 Å². The van der Waals surface area contributed by atoms with Crippen LogP contribution in [0.5, 0.6) is 0 Å². The van der Waals surface area contributed by atoms with Crippen molar-refractivity contribution in [2.24, 2.45) is 7.05 Å². The minimum Gasteiger partial charge on any atom is -0.312 e. The van der Waals surface area contributed by atoms with Gasteiger partial charge < -0.3 is 5.32 Å². The van der Waals surface area contributed by atoms with Crippen LogP contribution < -0.4 is 5.32 Å². The second-order valence-electron chi connectivity index (χ2n) is 4.18. The predicted molar refractivity (Wildman–Crippen MR) is 72.7 cm³/mol. The predicted octanol–water partition coefficient (Wildman–Crippen LogP) is 2.65. The molecule has 0 aliphatic carbocycles. The van der Waals surface area contributed by atoms with E-state index < -0.39 is 0 Å². The van der Waals surface area contributed by atoms with Crippen LogP contribution in [0.15, 0.2) is 35.1 Å². The SMILES string of the molecule is Cn1cc(CCNCc2ccc(Br)cc2F)cn1. The molecule has 1 N–H and O–H groups in total. The molecule has 0 saturated carbocycles. The summed E-state index contributed by atoms with van der Waals surface area (Å²) >= 11 is 3.24. The maximum absolute atomic E-state index is 13.5. The first kappa shape index (κ1) is 13.2. The molecular weight excluding hydrogens is 297 g/mol. The van der Waals surface area contributed by atoms with Crippen LogP contribution in [0.4, 0.5) is 4.39 Å². The first-order valence-electron chi connectivity index (χ1n) is 5.77. The van der Waals surface area contributed by atoms with Gasteiger partial charge in [-0.3, -0.25) is 4.68 Å². The molecule has 0 bridgehead atoms. The molecule has 1 aromatic carbocycles. The molecule has 0 aliphatic rings. The minimum absolute atomic E-state index is 0.182. The third-order valence-corrected chi connectivity index (χ3v) is 3.17. The summed E-state index contributed by atoms with van der Waals surface area (Å²) in [7, 11) is 1.90. The second-order valence-corrected chi connectivity index (χ2v) is 5.10. The van der Waals surface area contributed by atoms with E-state index in [0.717, 1.165) is 17.4 Å². The summed E-state index contributed by atoms with van der Waals surface area (Å²) in [5.41, 5.74) is 1.87. The number of aryl methyl sites for hydroxylation is 1. The minimum atomic E-state index is -0.182. The summed E-state index contributed by atoms with van der Waals surface area (Å²) in [5, 5.41) is 7.33. The van der Waals surface area contributed by atoms with Crippen molar-refractivity contribution in [3.05, 3.63) is 52.0 Å². The van der Waals surface area contributed by atoms with Crippen LogP contribution >= 0.6 is 15.9 Å². The highest BCUT2D eigenvalue weighted by Crippen LogP contribution is 2.14. The number of benzene rings is 1. The second kappa shape index (κ2) is 6.11. The Hall–Kier alpha value is -1.20. The maximum Gasteiger partial charge on any atom is 0.128 e. The summed E-state index contributed by atoms with van der Waals surface area (Å²) in [6.07, 6.45) is 4.73. The Morgan fingerprint density at radius 1 is 1.44 bits per heavy atom. The standard InChI is InChI=1S/C13H15BrFN3/c1-18-9-10(7-17-18)4-5-16-8-11-2-3-12(14)6-13(11)15/h2-3,6-7,9,16H,4-5,8H2,1H3. The molecule has 0 saturated heterocycles. The summed E-state index contributed by atoms with van der Waals surface area (Å²) in [6.45, 7) is 1.35. The van der Waals surface area contributed by atoms with Gasteiger partial charge >= 0.3 is 0 Å². The Bertz CT molecular complexity index is 525. The van der Waals surface area contributed by atoms with Gasteiger partial charge in [-0.25, -0.2) is 4.39 Å². The molecule has 0 atom stereocenters. The average Bonchev–Trinajstić information content (AvgIpc) is 2.73. The number of nitrogens with zero attached hydrogens (tertiary/aromatic N) is 2. The number of rotatable bonds is 5. The van der Waals surface area contributed by atoms with Gasteiger partial charge in [0.15, 0.2) is 0 Å². The molecule has 1 heterocycles.